The monoisotopic (exact) mass is 387 g/mol. The van der Waals surface area contributed by atoms with E-state index in [1.54, 1.807) is 0 Å². The van der Waals surface area contributed by atoms with Gasteiger partial charge in [-0.15, -0.1) is 5.10 Å². The van der Waals surface area contributed by atoms with Crippen molar-refractivity contribution in [2.24, 2.45) is 0 Å². The summed E-state index contributed by atoms with van der Waals surface area (Å²) in [4.78, 5) is 16.8. The van der Waals surface area contributed by atoms with Crippen LogP contribution in [0.5, 0.6) is 0 Å². The Morgan fingerprint density at radius 2 is 1.86 bits per heavy atom. The van der Waals surface area contributed by atoms with Gasteiger partial charge in [0.15, 0.2) is 0 Å². The van der Waals surface area contributed by atoms with E-state index in [0.29, 0.717) is 18.3 Å². The topological polar surface area (TPSA) is 71.8 Å². The molecule has 0 spiro atoms. The molecule has 0 bridgehead atoms. The highest BCUT2D eigenvalue weighted by molar-refractivity contribution is 5.89. The van der Waals surface area contributed by atoms with E-state index in [1.165, 1.54) is 11.1 Å². The fraction of sp³-hybridized carbons (Fsp3) is 0.261. The van der Waals surface area contributed by atoms with Crippen LogP contribution in [0.4, 0.5) is 11.9 Å². The number of fused-ring (bicyclic) bond motifs is 1. The average Bonchev–Trinajstić information content (AvgIpc) is 3.11. The molecule has 0 saturated carbocycles. The number of allylic oxidation sites excluding steroid dienone is 2. The SMILES string of the molecule is CC1=CC(c2ccccc2)n2nc(NC(=O)CCCc3ccc(C)cc3)nc2N1. The van der Waals surface area contributed by atoms with Gasteiger partial charge in [0.2, 0.25) is 11.9 Å². The lowest BCUT2D eigenvalue weighted by Gasteiger charge is -2.22. The third-order valence-electron chi connectivity index (χ3n) is 4.99. The highest BCUT2D eigenvalue weighted by Gasteiger charge is 2.23. The molecule has 0 fully saturated rings. The summed E-state index contributed by atoms with van der Waals surface area (Å²) in [7, 11) is 0. The number of rotatable bonds is 6. The Morgan fingerprint density at radius 1 is 1.10 bits per heavy atom. The van der Waals surface area contributed by atoms with Crippen LogP contribution in [0.2, 0.25) is 0 Å². The van der Waals surface area contributed by atoms with Crippen LogP contribution in [0, 0.1) is 6.92 Å². The second-order valence-corrected chi connectivity index (χ2v) is 7.42. The predicted octanol–water partition coefficient (Wildman–Crippen LogP) is 4.47. The van der Waals surface area contributed by atoms with Crippen molar-refractivity contribution >= 4 is 17.8 Å². The van der Waals surface area contributed by atoms with Crippen molar-refractivity contribution in [2.45, 2.75) is 39.2 Å². The highest BCUT2D eigenvalue weighted by atomic mass is 16.1. The van der Waals surface area contributed by atoms with Gasteiger partial charge in [0, 0.05) is 12.1 Å². The van der Waals surface area contributed by atoms with E-state index in [2.05, 4.69) is 70.1 Å². The van der Waals surface area contributed by atoms with Crippen molar-refractivity contribution in [3.05, 3.63) is 83.1 Å². The molecule has 0 saturated heterocycles. The Hall–Kier alpha value is -3.41. The maximum atomic E-state index is 12.4. The number of carbonyl (C=O) groups is 1. The number of carbonyl (C=O) groups excluding carboxylic acids is 1. The molecular weight excluding hydrogens is 362 g/mol. The van der Waals surface area contributed by atoms with Gasteiger partial charge in [-0.25, -0.2) is 4.68 Å². The highest BCUT2D eigenvalue weighted by Crippen LogP contribution is 2.29. The van der Waals surface area contributed by atoms with Crippen LogP contribution in [0.3, 0.4) is 0 Å². The molecule has 2 aromatic carbocycles. The van der Waals surface area contributed by atoms with Gasteiger partial charge in [-0.1, -0.05) is 60.2 Å². The summed E-state index contributed by atoms with van der Waals surface area (Å²) < 4.78 is 1.81. The van der Waals surface area contributed by atoms with Crippen molar-refractivity contribution < 1.29 is 4.79 Å². The Bertz CT molecular complexity index is 1020. The lowest BCUT2D eigenvalue weighted by molar-refractivity contribution is -0.116. The number of aromatic nitrogens is 3. The number of hydrogen-bond acceptors (Lipinski definition) is 4. The number of hydrogen-bond donors (Lipinski definition) is 2. The number of nitrogens with one attached hydrogen (secondary N) is 2. The number of anilines is 2. The van der Waals surface area contributed by atoms with Gasteiger partial charge in [-0.05, 0) is 43.9 Å². The number of nitrogens with zero attached hydrogens (tertiary/aromatic N) is 3. The average molecular weight is 387 g/mol. The zero-order chi connectivity index (χ0) is 20.2. The quantitative estimate of drug-likeness (QED) is 0.655. The third-order valence-corrected chi connectivity index (χ3v) is 4.99. The predicted molar refractivity (Wildman–Crippen MR) is 115 cm³/mol. The molecule has 6 nitrogen and oxygen atoms in total. The first-order valence-corrected chi connectivity index (χ1v) is 9.91. The van der Waals surface area contributed by atoms with E-state index < -0.39 is 0 Å². The summed E-state index contributed by atoms with van der Waals surface area (Å²) in [5, 5.41) is 10.6. The van der Waals surface area contributed by atoms with Crippen LogP contribution in [0.15, 0.2) is 66.4 Å². The molecule has 2 N–H and O–H groups in total. The van der Waals surface area contributed by atoms with E-state index in [0.717, 1.165) is 24.1 Å². The zero-order valence-electron chi connectivity index (χ0n) is 16.7. The van der Waals surface area contributed by atoms with Crippen LogP contribution in [-0.4, -0.2) is 20.7 Å². The minimum atomic E-state index is -0.0685. The zero-order valence-corrected chi connectivity index (χ0v) is 16.7. The van der Waals surface area contributed by atoms with E-state index in [-0.39, 0.29) is 11.9 Å². The van der Waals surface area contributed by atoms with Crippen molar-refractivity contribution in [1.29, 1.82) is 0 Å². The number of aryl methyl sites for hydroxylation is 2. The van der Waals surface area contributed by atoms with E-state index in [9.17, 15) is 4.79 Å². The largest absolute Gasteiger partial charge is 0.329 e. The Labute approximate surface area is 170 Å². The molecule has 6 heteroatoms. The second kappa shape index (κ2) is 8.31. The molecule has 1 aliphatic heterocycles. The molecule has 1 amide bonds. The van der Waals surface area contributed by atoms with Crippen molar-refractivity contribution in [3.8, 4) is 0 Å². The Kier molecular flexibility index (Phi) is 5.42. The van der Waals surface area contributed by atoms with Crippen molar-refractivity contribution in [3.63, 3.8) is 0 Å². The molecule has 2 heterocycles. The summed E-state index contributed by atoms with van der Waals surface area (Å²) in [5.74, 6) is 0.895. The maximum absolute atomic E-state index is 12.4. The van der Waals surface area contributed by atoms with Gasteiger partial charge < -0.3 is 5.32 Å². The summed E-state index contributed by atoms with van der Waals surface area (Å²) in [6.07, 6.45) is 4.20. The minimum Gasteiger partial charge on any atom is -0.329 e. The van der Waals surface area contributed by atoms with Crippen molar-refractivity contribution in [2.75, 3.05) is 10.6 Å². The fourth-order valence-electron chi connectivity index (χ4n) is 3.46. The van der Waals surface area contributed by atoms with Crippen LogP contribution in [0.1, 0.15) is 42.5 Å². The molecule has 3 aromatic rings. The summed E-state index contributed by atoms with van der Waals surface area (Å²) in [6.45, 7) is 4.07. The lowest BCUT2D eigenvalue weighted by Crippen LogP contribution is -2.19. The molecule has 0 radical (unpaired) electrons. The molecule has 4 rings (SSSR count). The molecule has 1 unspecified atom stereocenters. The Morgan fingerprint density at radius 3 is 2.62 bits per heavy atom. The Balaban J connectivity index is 1.39. The maximum Gasteiger partial charge on any atom is 0.250 e. The van der Waals surface area contributed by atoms with Crippen molar-refractivity contribution in [1.82, 2.24) is 14.8 Å². The number of amides is 1. The molecule has 0 aliphatic carbocycles. The third kappa shape index (κ3) is 4.54. The standard InChI is InChI=1S/C23H25N5O/c1-16-11-13-18(14-12-16)7-6-10-21(29)25-22-26-23-24-17(2)15-20(28(23)27-22)19-8-4-3-5-9-19/h3-5,8-9,11-15,20H,6-7,10H2,1-2H3,(H2,24,25,26,27,29). The summed E-state index contributed by atoms with van der Waals surface area (Å²) in [6, 6.07) is 18.5. The van der Waals surface area contributed by atoms with Crippen LogP contribution >= 0.6 is 0 Å². The van der Waals surface area contributed by atoms with Gasteiger partial charge in [0.25, 0.3) is 5.95 Å². The van der Waals surface area contributed by atoms with Crippen LogP contribution < -0.4 is 10.6 Å². The van der Waals surface area contributed by atoms with Gasteiger partial charge in [0.05, 0.1) is 0 Å². The first kappa shape index (κ1) is 18.9. The first-order chi connectivity index (χ1) is 14.1. The van der Waals surface area contributed by atoms with Crippen LogP contribution in [-0.2, 0) is 11.2 Å². The fourth-order valence-corrected chi connectivity index (χ4v) is 3.46. The van der Waals surface area contributed by atoms with Gasteiger partial charge in [-0.2, -0.15) is 4.98 Å². The van der Waals surface area contributed by atoms with E-state index in [1.807, 2.05) is 29.8 Å². The minimum absolute atomic E-state index is 0.0489. The van der Waals surface area contributed by atoms with Gasteiger partial charge in [0.1, 0.15) is 6.04 Å². The summed E-state index contributed by atoms with van der Waals surface area (Å²) in [5.41, 5.74) is 4.62. The molecular formula is C23H25N5O. The summed E-state index contributed by atoms with van der Waals surface area (Å²) >= 11 is 0. The molecule has 148 valence electrons. The van der Waals surface area contributed by atoms with E-state index >= 15 is 0 Å². The molecule has 1 aromatic heterocycles. The first-order valence-electron chi connectivity index (χ1n) is 9.91. The van der Waals surface area contributed by atoms with Gasteiger partial charge >= 0.3 is 0 Å². The molecule has 29 heavy (non-hydrogen) atoms. The number of benzene rings is 2. The van der Waals surface area contributed by atoms with E-state index in [4.69, 9.17) is 0 Å². The smallest absolute Gasteiger partial charge is 0.250 e. The normalized spacial score (nSPS) is 15.2. The van der Waals surface area contributed by atoms with Gasteiger partial charge in [-0.3, -0.25) is 10.1 Å². The van der Waals surface area contributed by atoms with Crippen LogP contribution in [0.25, 0.3) is 0 Å². The second-order valence-electron chi connectivity index (χ2n) is 7.42. The lowest BCUT2D eigenvalue weighted by atomic mass is 10.1. The molecule has 1 aliphatic rings. The molecule has 1 atom stereocenters.